The normalized spacial score (nSPS) is 32.6. The van der Waals surface area contributed by atoms with Crippen LogP contribution in [0.4, 0.5) is 0 Å². The van der Waals surface area contributed by atoms with Gasteiger partial charge >= 0.3 is 0 Å². The second-order valence-corrected chi connectivity index (χ2v) is 5.13. The van der Waals surface area contributed by atoms with E-state index in [-0.39, 0.29) is 6.10 Å². The molecule has 0 aliphatic heterocycles. The molecule has 3 heteroatoms. The molecule has 3 unspecified atom stereocenters. The molecule has 0 aromatic carbocycles. The first-order valence-electron chi connectivity index (χ1n) is 5.76. The molecule has 0 aromatic heterocycles. The number of rotatable bonds is 4. The highest BCUT2D eigenvalue weighted by Gasteiger charge is 2.19. The van der Waals surface area contributed by atoms with Gasteiger partial charge in [0.25, 0.3) is 0 Å². The fraction of sp³-hybridized carbons (Fsp3) is 0.692. The van der Waals surface area contributed by atoms with Gasteiger partial charge < -0.3 is 9.47 Å². The van der Waals surface area contributed by atoms with Gasteiger partial charge in [0.2, 0.25) is 0 Å². The minimum Gasteiger partial charge on any atom is -0.481 e. The van der Waals surface area contributed by atoms with E-state index in [2.05, 4.69) is 25.7 Å². The molecule has 16 heavy (non-hydrogen) atoms. The summed E-state index contributed by atoms with van der Waals surface area (Å²) in [4.78, 5) is 0. The van der Waals surface area contributed by atoms with Gasteiger partial charge in [0.15, 0.2) is 0 Å². The van der Waals surface area contributed by atoms with E-state index in [1.807, 2.05) is 6.26 Å². The number of thioether (sulfide) groups is 1. The van der Waals surface area contributed by atoms with E-state index in [4.69, 9.17) is 9.47 Å². The summed E-state index contributed by atoms with van der Waals surface area (Å²) in [6.07, 6.45) is 9.98. The van der Waals surface area contributed by atoms with Crippen molar-refractivity contribution in [3.63, 3.8) is 0 Å². The van der Waals surface area contributed by atoms with Gasteiger partial charge in [-0.15, -0.1) is 0 Å². The van der Waals surface area contributed by atoms with Gasteiger partial charge in [0.05, 0.1) is 6.10 Å². The summed E-state index contributed by atoms with van der Waals surface area (Å²) in [5.41, 5.74) is 0. The number of allylic oxidation sites excluding steroid dienone is 1. The maximum atomic E-state index is 5.76. The highest BCUT2D eigenvalue weighted by atomic mass is 32.2. The van der Waals surface area contributed by atoms with Crippen molar-refractivity contribution in [2.75, 3.05) is 13.4 Å². The van der Waals surface area contributed by atoms with Gasteiger partial charge in [-0.3, -0.25) is 0 Å². The van der Waals surface area contributed by atoms with E-state index in [1.165, 1.54) is 6.42 Å². The Kier molecular flexibility index (Phi) is 5.99. The Bertz CT molecular complexity index is 250. The lowest BCUT2D eigenvalue weighted by molar-refractivity contribution is 0.0421. The highest BCUT2D eigenvalue weighted by Crippen LogP contribution is 2.23. The fourth-order valence-corrected chi connectivity index (χ4v) is 2.05. The predicted octanol–water partition coefficient (Wildman–Crippen LogP) is 3.60. The lowest BCUT2D eigenvalue weighted by Crippen LogP contribution is -2.23. The van der Waals surface area contributed by atoms with E-state index in [1.54, 1.807) is 18.9 Å². The van der Waals surface area contributed by atoms with Crippen LogP contribution in [0.25, 0.3) is 0 Å². The number of hydrogen-bond donors (Lipinski definition) is 0. The molecule has 92 valence electrons. The van der Waals surface area contributed by atoms with Crippen LogP contribution in [0.2, 0.25) is 0 Å². The lowest BCUT2D eigenvalue weighted by Gasteiger charge is -2.25. The molecule has 0 saturated carbocycles. The molecule has 0 aromatic rings. The smallest absolute Gasteiger partial charge is 0.146 e. The summed E-state index contributed by atoms with van der Waals surface area (Å²) in [6, 6.07) is 0. The Morgan fingerprint density at radius 3 is 2.75 bits per heavy atom. The molecule has 0 heterocycles. The van der Waals surface area contributed by atoms with Gasteiger partial charge in [-0.05, 0) is 37.7 Å². The van der Waals surface area contributed by atoms with Gasteiger partial charge in [-0.1, -0.05) is 24.8 Å². The quantitative estimate of drug-likeness (QED) is 0.554. The van der Waals surface area contributed by atoms with Crippen molar-refractivity contribution in [2.24, 2.45) is 5.92 Å². The average molecular weight is 242 g/mol. The van der Waals surface area contributed by atoms with E-state index < -0.39 is 0 Å². The summed E-state index contributed by atoms with van der Waals surface area (Å²) in [6.45, 7) is 6.09. The molecule has 2 nitrogen and oxygen atoms in total. The van der Waals surface area contributed by atoms with Crippen molar-refractivity contribution < 1.29 is 9.47 Å². The Labute approximate surface area is 103 Å². The van der Waals surface area contributed by atoms with Crippen LogP contribution in [0.3, 0.4) is 0 Å². The molecule has 3 atom stereocenters. The highest BCUT2D eigenvalue weighted by molar-refractivity contribution is 8.02. The van der Waals surface area contributed by atoms with Crippen LogP contribution in [0.5, 0.6) is 0 Å². The standard InChI is InChI=1S/C13H22O2S/c1-10-5-7-12(14-3)9-13(8-6-10)15-11(2)16-4/h6,8,10,12-13H,2,5,7,9H2,1,3-4H3/b8-6+. The topological polar surface area (TPSA) is 18.5 Å². The average Bonchev–Trinajstić information content (AvgIpc) is 2.28. The van der Waals surface area contributed by atoms with E-state index in [9.17, 15) is 0 Å². The predicted molar refractivity (Wildman–Crippen MR) is 70.5 cm³/mol. The van der Waals surface area contributed by atoms with Crippen LogP contribution in [0, 0.1) is 5.92 Å². The maximum Gasteiger partial charge on any atom is 0.146 e. The van der Waals surface area contributed by atoms with Crippen molar-refractivity contribution >= 4 is 11.8 Å². The summed E-state index contributed by atoms with van der Waals surface area (Å²) in [5, 5.41) is 0.776. The molecule has 0 fully saturated rings. The zero-order chi connectivity index (χ0) is 12.0. The first-order chi connectivity index (χ1) is 7.65. The van der Waals surface area contributed by atoms with Gasteiger partial charge in [0, 0.05) is 13.5 Å². The van der Waals surface area contributed by atoms with Crippen LogP contribution < -0.4 is 0 Å². The second kappa shape index (κ2) is 7.02. The first kappa shape index (κ1) is 13.7. The molecule has 0 N–H and O–H groups in total. The molecule has 0 radical (unpaired) electrons. The van der Waals surface area contributed by atoms with Crippen LogP contribution in [-0.4, -0.2) is 25.6 Å². The zero-order valence-corrected chi connectivity index (χ0v) is 11.3. The Morgan fingerprint density at radius 2 is 2.12 bits per heavy atom. The summed E-state index contributed by atoms with van der Waals surface area (Å²) < 4.78 is 11.2. The van der Waals surface area contributed by atoms with E-state index in [0.717, 1.165) is 17.9 Å². The van der Waals surface area contributed by atoms with E-state index in [0.29, 0.717) is 12.0 Å². The molecule has 1 aliphatic rings. The largest absolute Gasteiger partial charge is 0.481 e. The second-order valence-electron chi connectivity index (χ2n) is 4.27. The third kappa shape index (κ3) is 4.62. The third-order valence-electron chi connectivity index (χ3n) is 2.94. The van der Waals surface area contributed by atoms with Crippen molar-refractivity contribution in [3.05, 3.63) is 23.8 Å². The Hall–Kier alpha value is -0.410. The van der Waals surface area contributed by atoms with Crippen LogP contribution in [-0.2, 0) is 9.47 Å². The lowest BCUT2D eigenvalue weighted by atomic mass is 9.95. The molecule has 0 spiro atoms. The summed E-state index contributed by atoms with van der Waals surface area (Å²) >= 11 is 1.55. The third-order valence-corrected chi connectivity index (χ3v) is 3.49. The van der Waals surface area contributed by atoms with Crippen molar-refractivity contribution in [1.29, 1.82) is 0 Å². The fourth-order valence-electron chi connectivity index (χ4n) is 1.83. The molecule has 1 rings (SSSR count). The van der Waals surface area contributed by atoms with Gasteiger partial charge in [-0.25, -0.2) is 0 Å². The van der Waals surface area contributed by atoms with Crippen molar-refractivity contribution in [3.8, 4) is 0 Å². The maximum absolute atomic E-state index is 5.76. The molecule has 1 aliphatic carbocycles. The minimum atomic E-state index is 0.104. The van der Waals surface area contributed by atoms with Crippen LogP contribution >= 0.6 is 11.8 Å². The summed E-state index contributed by atoms with van der Waals surface area (Å²) in [5.74, 6) is 0.603. The number of ether oxygens (including phenoxy) is 2. The van der Waals surface area contributed by atoms with Crippen LogP contribution in [0.15, 0.2) is 23.8 Å². The summed E-state index contributed by atoms with van der Waals surface area (Å²) in [7, 11) is 1.78. The molecular weight excluding hydrogens is 220 g/mol. The Balaban J connectivity index is 2.60. The molecule has 0 saturated heterocycles. The van der Waals surface area contributed by atoms with Crippen molar-refractivity contribution in [1.82, 2.24) is 0 Å². The molecule has 0 amide bonds. The monoisotopic (exact) mass is 242 g/mol. The van der Waals surface area contributed by atoms with E-state index >= 15 is 0 Å². The SMILES string of the molecule is C=C(OC1/C=C/C(C)CCC(OC)C1)SC. The Morgan fingerprint density at radius 1 is 1.38 bits per heavy atom. The number of methoxy groups -OCH3 is 1. The zero-order valence-electron chi connectivity index (χ0n) is 10.4. The molecule has 0 bridgehead atoms. The molecular formula is C13H22O2S. The van der Waals surface area contributed by atoms with Gasteiger partial charge in [-0.2, -0.15) is 0 Å². The van der Waals surface area contributed by atoms with Crippen LogP contribution in [0.1, 0.15) is 26.2 Å². The van der Waals surface area contributed by atoms with Crippen molar-refractivity contribution in [2.45, 2.75) is 38.4 Å². The van der Waals surface area contributed by atoms with Gasteiger partial charge in [0.1, 0.15) is 11.2 Å². The number of hydrogen-bond acceptors (Lipinski definition) is 3. The first-order valence-corrected chi connectivity index (χ1v) is 6.98. The minimum absolute atomic E-state index is 0.104.